The third kappa shape index (κ3) is 4.87. The van der Waals surface area contributed by atoms with Gasteiger partial charge in [-0.05, 0) is 77.4 Å². The molecule has 0 bridgehead atoms. The molecule has 0 spiro atoms. The summed E-state index contributed by atoms with van der Waals surface area (Å²) in [6, 6.07) is 10.2. The number of nitrogens with one attached hydrogen (secondary N) is 1. The van der Waals surface area contributed by atoms with Crippen molar-refractivity contribution in [2.24, 2.45) is 11.7 Å². The molecule has 1 unspecified atom stereocenters. The molecule has 3 aliphatic rings. The number of nitrogens with two attached hydrogens (primary N) is 1. The van der Waals surface area contributed by atoms with Crippen molar-refractivity contribution in [3.8, 4) is 11.1 Å². The van der Waals surface area contributed by atoms with Gasteiger partial charge >= 0.3 is 0 Å². The Kier molecular flexibility index (Phi) is 6.60. The van der Waals surface area contributed by atoms with Crippen LogP contribution in [0.1, 0.15) is 36.2 Å². The number of carbonyl (C=O) groups excluding carboxylic acids is 3. The van der Waals surface area contributed by atoms with E-state index in [0.717, 1.165) is 43.5 Å². The number of primary amides is 1. The molecule has 1 aliphatic carbocycles. The fourth-order valence-electron chi connectivity index (χ4n) is 6.16. The number of hydrogen-bond donors (Lipinski definition) is 2. The average Bonchev–Trinajstić information content (AvgIpc) is 3.33. The fraction of sp³-hybridized carbons (Fsp3) is 0.345. The van der Waals surface area contributed by atoms with Crippen molar-refractivity contribution in [3.63, 3.8) is 0 Å². The molecule has 2 saturated heterocycles. The first kappa shape index (κ1) is 26.5. The van der Waals surface area contributed by atoms with Crippen molar-refractivity contribution in [1.82, 2.24) is 29.6 Å². The van der Waals surface area contributed by atoms with E-state index in [1.165, 1.54) is 4.68 Å². The lowest BCUT2D eigenvalue weighted by Crippen LogP contribution is -2.46. The zero-order valence-corrected chi connectivity index (χ0v) is 24.2. The number of pyridine rings is 1. The number of fused-ring (bicyclic) bond motifs is 2. The lowest BCUT2D eigenvalue weighted by molar-refractivity contribution is -0.138. The molecule has 13 heteroatoms. The molecule has 3 atom stereocenters. The van der Waals surface area contributed by atoms with E-state index in [1.807, 2.05) is 18.2 Å². The minimum atomic E-state index is -0.689. The molecule has 2 aliphatic heterocycles. The Labute approximate surface area is 249 Å². The molecule has 3 fully saturated rings. The van der Waals surface area contributed by atoms with Crippen molar-refractivity contribution in [1.29, 1.82) is 0 Å². The Morgan fingerprint density at radius 1 is 1.02 bits per heavy atom. The second-order valence-corrected chi connectivity index (χ2v) is 11.8. The number of aromatic nitrogens is 5. The van der Waals surface area contributed by atoms with Gasteiger partial charge < -0.3 is 20.9 Å². The number of nitrogens with zero attached hydrogens (tertiary/aromatic N) is 7. The molecular formula is C29H28BrN9O3. The molecule has 1 saturated carbocycles. The summed E-state index contributed by atoms with van der Waals surface area (Å²) in [5.74, 6) is 0.229. The van der Waals surface area contributed by atoms with Crippen LogP contribution in [0.5, 0.6) is 0 Å². The van der Waals surface area contributed by atoms with Crippen LogP contribution in [0.25, 0.3) is 22.0 Å². The minimum absolute atomic E-state index is 0.0243. The SMILES string of the molecule is NC(=O)c1nn(CC(=O)N2C3C[C@@H]3C[C@H]2C(=O)Nc2cccc(Br)n2)c2ccc(-c3cnc(N4CCCC4)nc3)cc12. The van der Waals surface area contributed by atoms with Crippen LogP contribution in [0.2, 0.25) is 0 Å². The molecule has 214 valence electrons. The number of halogens is 1. The second-order valence-electron chi connectivity index (χ2n) is 11.0. The van der Waals surface area contributed by atoms with Gasteiger partial charge in [-0.3, -0.25) is 19.1 Å². The number of carbonyl (C=O) groups is 3. The van der Waals surface area contributed by atoms with Crippen LogP contribution in [0, 0.1) is 5.92 Å². The highest BCUT2D eigenvalue weighted by atomic mass is 79.9. The Hall–Kier alpha value is -4.39. The van der Waals surface area contributed by atoms with Crippen LogP contribution < -0.4 is 16.0 Å². The number of hydrogen-bond acceptors (Lipinski definition) is 8. The molecule has 42 heavy (non-hydrogen) atoms. The lowest BCUT2D eigenvalue weighted by atomic mass is 10.1. The van der Waals surface area contributed by atoms with Crippen LogP contribution in [0.15, 0.2) is 53.4 Å². The Balaban J connectivity index is 1.13. The molecule has 1 aromatic carbocycles. The van der Waals surface area contributed by atoms with Crippen molar-refractivity contribution < 1.29 is 14.4 Å². The number of likely N-dealkylation sites (tertiary alicyclic amines) is 1. The highest BCUT2D eigenvalue weighted by Gasteiger charge is 2.56. The molecule has 3 N–H and O–H groups in total. The summed E-state index contributed by atoms with van der Waals surface area (Å²) in [5, 5.41) is 7.80. The highest BCUT2D eigenvalue weighted by molar-refractivity contribution is 9.10. The molecule has 12 nitrogen and oxygen atoms in total. The van der Waals surface area contributed by atoms with Crippen LogP contribution >= 0.6 is 15.9 Å². The predicted molar refractivity (Wildman–Crippen MR) is 158 cm³/mol. The van der Waals surface area contributed by atoms with Crippen molar-refractivity contribution in [2.45, 2.75) is 44.3 Å². The first-order valence-electron chi connectivity index (χ1n) is 14.0. The first-order chi connectivity index (χ1) is 20.4. The summed E-state index contributed by atoms with van der Waals surface area (Å²) < 4.78 is 2.10. The van der Waals surface area contributed by atoms with E-state index < -0.39 is 11.9 Å². The van der Waals surface area contributed by atoms with Crippen molar-refractivity contribution >= 4 is 56.3 Å². The Morgan fingerprint density at radius 2 is 1.81 bits per heavy atom. The van der Waals surface area contributed by atoms with Gasteiger partial charge in [0.2, 0.25) is 17.8 Å². The van der Waals surface area contributed by atoms with Gasteiger partial charge in [0.1, 0.15) is 23.0 Å². The number of anilines is 2. The molecule has 4 aromatic rings. The molecule has 0 radical (unpaired) electrons. The van der Waals surface area contributed by atoms with Gasteiger partial charge in [-0.2, -0.15) is 5.10 Å². The number of rotatable bonds is 7. The largest absolute Gasteiger partial charge is 0.364 e. The van der Waals surface area contributed by atoms with E-state index in [2.05, 4.69) is 46.2 Å². The normalized spacial score (nSPS) is 21.0. The second kappa shape index (κ2) is 10.5. The minimum Gasteiger partial charge on any atom is -0.364 e. The molecule has 3 amide bonds. The maximum Gasteiger partial charge on any atom is 0.269 e. The van der Waals surface area contributed by atoms with Gasteiger partial charge in [-0.15, -0.1) is 0 Å². The molecular weight excluding hydrogens is 602 g/mol. The van der Waals surface area contributed by atoms with Gasteiger partial charge in [0.25, 0.3) is 5.91 Å². The smallest absolute Gasteiger partial charge is 0.269 e. The number of piperidine rings is 1. The van der Waals surface area contributed by atoms with Gasteiger partial charge in [-0.25, -0.2) is 15.0 Å². The number of amides is 3. The molecule has 7 rings (SSSR count). The van der Waals surface area contributed by atoms with Gasteiger partial charge in [0, 0.05) is 42.5 Å². The number of benzene rings is 1. The standard InChI is InChI=1S/C29H28BrN9O3/c30-23-4-3-5-24(34-23)35-28(42)22-12-17-11-21(17)39(22)25(40)15-38-20-7-6-16(10-19(20)26(36-38)27(31)41)18-13-32-29(33-14-18)37-8-1-2-9-37/h3-7,10,13-14,17,21-22H,1-2,8-9,11-12,15H2,(H2,31,41)(H,34,35,42)/t17-,21?,22+/m1/s1. The summed E-state index contributed by atoms with van der Waals surface area (Å²) in [5.41, 5.74) is 7.98. The lowest BCUT2D eigenvalue weighted by Gasteiger charge is -2.26. The van der Waals surface area contributed by atoms with Crippen LogP contribution in [0.4, 0.5) is 11.8 Å². The summed E-state index contributed by atoms with van der Waals surface area (Å²) >= 11 is 3.31. The quantitative estimate of drug-likeness (QED) is 0.296. The zero-order valence-electron chi connectivity index (χ0n) is 22.6. The van der Waals surface area contributed by atoms with Gasteiger partial charge in [0.15, 0.2) is 5.69 Å². The first-order valence-corrected chi connectivity index (χ1v) is 14.8. The Morgan fingerprint density at radius 3 is 2.55 bits per heavy atom. The molecule has 3 aromatic heterocycles. The predicted octanol–water partition coefficient (Wildman–Crippen LogP) is 2.98. The third-order valence-electron chi connectivity index (χ3n) is 8.29. The van der Waals surface area contributed by atoms with Gasteiger partial charge in [0.05, 0.1) is 5.52 Å². The van der Waals surface area contributed by atoms with E-state index in [-0.39, 0.29) is 30.1 Å². The maximum atomic E-state index is 13.7. The average molecular weight is 631 g/mol. The van der Waals surface area contributed by atoms with E-state index in [4.69, 9.17) is 5.73 Å². The summed E-state index contributed by atoms with van der Waals surface area (Å²) in [6.45, 7) is 1.79. The zero-order chi connectivity index (χ0) is 29.0. The summed E-state index contributed by atoms with van der Waals surface area (Å²) in [7, 11) is 0. The van der Waals surface area contributed by atoms with Gasteiger partial charge in [-0.1, -0.05) is 12.1 Å². The summed E-state index contributed by atoms with van der Waals surface area (Å²) in [4.78, 5) is 56.4. The van der Waals surface area contributed by atoms with E-state index in [1.54, 1.807) is 35.5 Å². The van der Waals surface area contributed by atoms with E-state index in [0.29, 0.717) is 39.6 Å². The van der Waals surface area contributed by atoms with E-state index >= 15 is 0 Å². The van der Waals surface area contributed by atoms with Crippen molar-refractivity contribution in [3.05, 3.63) is 59.1 Å². The highest BCUT2D eigenvalue weighted by Crippen LogP contribution is 2.48. The molecule has 5 heterocycles. The maximum absolute atomic E-state index is 13.7. The van der Waals surface area contributed by atoms with Crippen LogP contribution in [-0.4, -0.2) is 72.5 Å². The monoisotopic (exact) mass is 629 g/mol. The van der Waals surface area contributed by atoms with E-state index in [9.17, 15) is 14.4 Å². The van der Waals surface area contributed by atoms with Crippen molar-refractivity contribution in [2.75, 3.05) is 23.3 Å². The van der Waals surface area contributed by atoms with Crippen LogP contribution in [-0.2, 0) is 16.1 Å². The van der Waals surface area contributed by atoms with Crippen LogP contribution in [0.3, 0.4) is 0 Å². The fourth-order valence-corrected chi connectivity index (χ4v) is 6.50. The Bertz CT molecular complexity index is 1720. The third-order valence-corrected chi connectivity index (χ3v) is 8.73. The topological polar surface area (TPSA) is 152 Å². The summed E-state index contributed by atoms with van der Waals surface area (Å²) in [6.07, 6.45) is 7.30.